The zero-order valence-electron chi connectivity index (χ0n) is 25.2. The van der Waals surface area contributed by atoms with Crippen LogP contribution >= 0.6 is 11.8 Å². The van der Waals surface area contributed by atoms with Crippen LogP contribution in [-0.2, 0) is 4.74 Å². The van der Waals surface area contributed by atoms with Crippen molar-refractivity contribution in [3.05, 3.63) is 120 Å². The molecule has 2 saturated heterocycles. The molecule has 2 heterocycles. The molecule has 0 spiro atoms. The third kappa shape index (κ3) is 6.79. The number of aliphatic hydroxyl groups is 5. The highest BCUT2D eigenvalue weighted by Gasteiger charge is 2.45. The van der Waals surface area contributed by atoms with Gasteiger partial charge in [0.25, 0.3) is 5.24 Å². The molecule has 1 amide bonds. The topological polar surface area (TPSA) is 151 Å². The Hall–Kier alpha value is -3.81. The van der Waals surface area contributed by atoms with Crippen molar-refractivity contribution in [2.45, 2.75) is 60.8 Å². The smallest absolute Gasteiger partial charge is 0.287 e. The molecule has 0 saturated carbocycles. The van der Waals surface area contributed by atoms with Crippen molar-refractivity contribution >= 4 is 22.7 Å². The number of hydrogen-bond acceptors (Lipinski definition) is 9. The second-order valence-electron chi connectivity index (χ2n) is 11.9. The van der Waals surface area contributed by atoms with Crippen molar-refractivity contribution in [3.8, 4) is 16.9 Å². The molecule has 246 valence electrons. The van der Waals surface area contributed by atoms with Crippen LogP contribution in [0.3, 0.4) is 0 Å². The summed E-state index contributed by atoms with van der Waals surface area (Å²) < 4.78 is 19.1. The summed E-state index contributed by atoms with van der Waals surface area (Å²) in [5.74, 6) is -0.397. The number of carbonyl (C=O) groups excluding carboxylic acids is 1. The highest BCUT2D eigenvalue weighted by Crippen LogP contribution is 2.49. The molecule has 47 heavy (non-hydrogen) atoms. The summed E-state index contributed by atoms with van der Waals surface area (Å²) in [5.41, 5.74) is 3.80. The Labute approximate surface area is 275 Å². The van der Waals surface area contributed by atoms with Crippen LogP contribution in [0.5, 0.6) is 5.75 Å². The maximum Gasteiger partial charge on any atom is 0.287 e. The van der Waals surface area contributed by atoms with E-state index in [9.17, 15) is 39.8 Å². The number of carbonyl (C=O) groups is 1. The maximum atomic E-state index is 13.4. The molecule has 2 fully saturated rings. The lowest BCUT2D eigenvalue weighted by molar-refractivity contribution is -0.231. The number of halogens is 1. The van der Waals surface area contributed by atoms with Gasteiger partial charge in [0.15, 0.2) is 0 Å². The van der Waals surface area contributed by atoms with E-state index in [2.05, 4.69) is 0 Å². The third-order valence-corrected chi connectivity index (χ3v) is 10.1. The fourth-order valence-electron chi connectivity index (χ4n) is 6.33. The van der Waals surface area contributed by atoms with Gasteiger partial charge in [-0.15, -0.1) is 0 Å². The van der Waals surface area contributed by atoms with Crippen LogP contribution in [0.1, 0.15) is 47.8 Å². The average molecular weight is 662 g/mol. The molecule has 6 N–H and O–H groups in total. The monoisotopic (exact) mass is 661 g/mol. The predicted molar refractivity (Wildman–Crippen MR) is 175 cm³/mol. The van der Waals surface area contributed by atoms with Crippen LogP contribution in [-0.4, -0.2) is 72.2 Å². The number of aromatic hydroxyl groups is 1. The van der Waals surface area contributed by atoms with E-state index in [1.165, 1.54) is 12.1 Å². The fourth-order valence-corrected chi connectivity index (χ4v) is 7.57. The lowest BCUT2D eigenvalue weighted by atomic mass is 9.90. The Morgan fingerprint density at radius 1 is 0.851 bits per heavy atom. The van der Waals surface area contributed by atoms with E-state index >= 15 is 0 Å². The van der Waals surface area contributed by atoms with E-state index in [1.54, 1.807) is 53.4 Å². The number of aliphatic hydroxyl groups excluding tert-OH is 5. The maximum absolute atomic E-state index is 13.4. The van der Waals surface area contributed by atoms with E-state index in [0.29, 0.717) is 40.8 Å². The first-order valence-electron chi connectivity index (χ1n) is 15.4. The van der Waals surface area contributed by atoms with Gasteiger partial charge in [0, 0.05) is 16.5 Å². The number of hydrogen-bond donors (Lipinski definition) is 6. The third-order valence-electron chi connectivity index (χ3n) is 8.91. The van der Waals surface area contributed by atoms with Crippen molar-refractivity contribution in [1.82, 2.24) is 0 Å². The lowest BCUT2D eigenvalue weighted by Gasteiger charge is -2.40. The summed E-state index contributed by atoms with van der Waals surface area (Å²) in [6.45, 7) is -0.520. The van der Waals surface area contributed by atoms with Gasteiger partial charge in [-0.2, -0.15) is 0 Å². The largest absolute Gasteiger partial charge is 0.508 e. The Balaban J connectivity index is 1.25. The van der Waals surface area contributed by atoms with Crippen molar-refractivity contribution < 1.29 is 44.6 Å². The zero-order valence-corrected chi connectivity index (χ0v) is 26.0. The molecular formula is C36H36FNO8S. The van der Waals surface area contributed by atoms with Crippen LogP contribution in [0, 0.1) is 5.82 Å². The summed E-state index contributed by atoms with van der Waals surface area (Å²) in [6, 6.07) is 26.6. The number of benzene rings is 4. The van der Waals surface area contributed by atoms with Crippen LogP contribution in [0.25, 0.3) is 11.1 Å². The molecule has 9 nitrogen and oxygen atoms in total. The summed E-state index contributed by atoms with van der Waals surface area (Å²) in [7, 11) is 0. The summed E-state index contributed by atoms with van der Waals surface area (Å²) in [6.07, 6.45) is -6.38. The summed E-state index contributed by atoms with van der Waals surface area (Å²) in [4.78, 5) is 15.1. The molecule has 4 aromatic rings. The molecule has 1 unspecified atom stereocenters. The molecule has 2 aliphatic heterocycles. The van der Waals surface area contributed by atoms with Gasteiger partial charge in [-0.05, 0) is 65.4 Å². The van der Waals surface area contributed by atoms with Gasteiger partial charge in [-0.3, -0.25) is 9.69 Å². The number of thioether (sulfide) groups is 1. The fraction of sp³-hybridized carbons (Fsp3) is 0.306. The average Bonchev–Trinajstić information content (AvgIpc) is 3.42. The van der Waals surface area contributed by atoms with E-state index in [0.717, 1.165) is 17.3 Å². The van der Waals surface area contributed by atoms with Crippen molar-refractivity contribution in [1.29, 1.82) is 0 Å². The first-order chi connectivity index (χ1) is 22.7. The van der Waals surface area contributed by atoms with Crippen LogP contribution in [0.15, 0.2) is 97.1 Å². The number of phenolic OH excluding ortho intramolecular Hbond substituents is 1. The minimum absolute atomic E-state index is 0.00850. The van der Waals surface area contributed by atoms with Crippen molar-refractivity contribution in [2.24, 2.45) is 0 Å². The number of phenols is 1. The van der Waals surface area contributed by atoms with E-state index < -0.39 is 49.3 Å². The van der Waals surface area contributed by atoms with Gasteiger partial charge < -0.3 is 35.4 Å². The number of rotatable bonds is 9. The quantitative estimate of drug-likeness (QED) is 0.146. The van der Waals surface area contributed by atoms with Gasteiger partial charge >= 0.3 is 0 Å². The van der Waals surface area contributed by atoms with Crippen LogP contribution < -0.4 is 4.90 Å². The molecule has 0 radical (unpaired) electrons. The molecule has 0 aliphatic carbocycles. The summed E-state index contributed by atoms with van der Waals surface area (Å²) in [5, 5.41) is 62.1. The van der Waals surface area contributed by atoms with Crippen LogP contribution in [0.2, 0.25) is 0 Å². The predicted octanol–water partition coefficient (Wildman–Crippen LogP) is 5.01. The number of anilines is 1. The molecule has 0 aromatic heterocycles. The van der Waals surface area contributed by atoms with E-state index in [4.69, 9.17) is 4.74 Å². The Bertz CT molecular complexity index is 1670. The number of nitrogens with zero attached hydrogens (tertiary/aromatic N) is 1. The lowest BCUT2D eigenvalue weighted by Crippen LogP contribution is -2.55. The Morgan fingerprint density at radius 2 is 1.53 bits per heavy atom. The summed E-state index contributed by atoms with van der Waals surface area (Å²) >= 11 is 1.16. The Morgan fingerprint density at radius 3 is 2.19 bits per heavy atom. The van der Waals surface area contributed by atoms with Crippen molar-refractivity contribution in [2.75, 3.05) is 11.5 Å². The second-order valence-corrected chi connectivity index (χ2v) is 13.1. The van der Waals surface area contributed by atoms with Gasteiger partial charge in [-0.1, -0.05) is 78.5 Å². The number of amides is 1. The van der Waals surface area contributed by atoms with Gasteiger partial charge in [0.1, 0.15) is 42.1 Å². The standard InChI is InChI=1S/C36H36FNO8S/c37-24-13-10-21(11-14-24)27(40)16-17-30-31(38(36(45)47-30)25-4-2-1-3-5-25)26-15-12-23(18-28(26)41)20-6-8-22(9-7-20)35-34(44)33(43)32(42)29(19-39)46-35/h1-15,18,27,29-35,39-44H,16-17,19H2/t27-,29+,30+,31+,32+,33-,34+,35?/m0/s1. The highest BCUT2D eigenvalue weighted by molar-refractivity contribution is 8.14. The first kappa shape index (κ1) is 33.1. The van der Waals surface area contributed by atoms with E-state index in [-0.39, 0.29) is 22.1 Å². The molecule has 0 bridgehead atoms. The first-order valence-corrected chi connectivity index (χ1v) is 16.3. The molecule has 11 heteroatoms. The Kier molecular flexibility index (Phi) is 9.95. The van der Waals surface area contributed by atoms with Gasteiger partial charge in [0.2, 0.25) is 0 Å². The second kappa shape index (κ2) is 14.1. The SMILES string of the molecule is O=C1S[C@H](CC[C@H](O)c2ccc(F)cc2)[C@@H](c2ccc(-c3ccc(C4O[C@H](CO)[C@@H](O)[C@H](O)[C@H]4O)cc3)cc2O)N1c1ccccc1. The van der Waals surface area contributed by atoms with Gasteiger partial charge in [-0.25, -0.2) is 4.39 Å². The number of ether oxygens (including phenoxy) is 1. The molecular weight excluding hydrogens is 625 g/mol. The molecule has 8 atom stereocenters. The highest BCUT2D eigenvalue weighted by atomic mass is 32.2. The minimum Gasteiger partial charge on any atom is -0.508 e. The number of para-hydroxylation sites is 1. The zero-order chi connectivity index (χ0) is 33.2. The normalized spacial score (nSPS) is 26.8. The molecule has 2 aliphatic rings. The molecule has 4 aromatic carbocycles. The van der Waals surface area contributed by atoms with E-state index in [1.807, 2.05) is 36.4 Å². The van der Waals surface area contributed by atoms with Gasteiger partial charge in [0.05, 0.1) is 18.8 Å². The minimum atomic E-state index is -1.49. The molecule has 6 rings (SSSR count). The van der Waals surface area contributed by atoms with Crippen molar-refractivity contribution in [3.63, 3.8) is 0 Å². The van der Waals surface area contributed by atoms with Crippen LogP contribution in [0.4, 0.5) is 14.9 Å².